The van der Waals surface area contributed by atoms with E-state index in [0.29, 0.717) is 12.0 Å². The fourth-order valence-corrected chi connectivity index (χ4v) is 3.86. The van der Waals surface area contributed by atoms with Gasteiger partial charge < -0.3 is 19.5 Å². The van der Waals surface area contributed by atoms with Crippen LogP contribution in [-0.2, 0) is 5.41 Å². The van der Waals surface area contributed by atoms with E-state index in [-0.39, 0.29) is 6.04 Å². The molecule has 1 aliphatic heterocycles. The molecular weight excluding hydrogens is 342 g/mol. The van der Waals surface area contributed by atoms with Crippen molar-refractivity contribution in [1.29, 1.82) is 0 Å². The highest BCUT2D eigenvalue weighted by Crippen LogP contribution is 2.47. The van der Waals surface area contributed by atoms with Crippen molar-refractivity contribution in [2.75, 3.05) is 13.6 Å². The van der Waals surface area contributed by atoms with Crippen LogP contribution in [0.1, 0.15) is 18.4 Å². The molecule has 1 N–H and O–H groups in total. The first kappa shape index (κ1) is 18.0. The maximum absolute atomic E-state index is 12.7. The molecule has 138 valence electrons. The number of halogens is 4. The Labute approximate surface area is 142 Å². The Kier molecular flexibility index (Phi) is 4.92. The Morgan fingerprint density at radius 1 is 1.16 bits per heavy atom. The molecule has 0 unspecified atom stereocenters. The molecule has 1 aliphatic carbocycles. The van der Waals surface area contributed by atoms with Crippen LogP contribution < -0.4 is 9.47 Å². The second kappa shape index (κ2) is 6.84. The van der Waals surface area contributed by atoms with Crippen LogP contribution in [0.3, 0.4) is 0 Å². The van der Waals surface area contributed by atoms with Gasteiger partial charge in [0.2, 0.25) is 0 Å². The minimum atomic E-state index is -3.15. The van der Waals surface area contributed by atoms with Gasteiger partial charge in [-0.15, -0.1) is 0 Å². The summed E-state index contributed by atoms with van der Waals surface area (Å²) in [5, 5.41) is 9.91. The zero-order chi connectivity index (χ0) is 18.2. The smallest absolute Gasteiger partial charge is 0.387 e. The number of benzene rings is 1. The van der Waals surface area contributed by atoms with E-state index in [1.165, 1.54) is 12.1 Å². The third-order valence-electron chi connectivity index (χ3n) is 5.00. The van der Waals surface area contributed by atoms with Crippen molar-refractivity contribution in [3.63, 3.8) is 0 Å². The molecule has 25 heavy (non-hydrogen) atoms. The van der Waals surface area contributed by atoms with Crippen LogP contribution in [-0.4, -0.2) is 49.0 Å². The standard InChI is InChI=1S/C17H19F4NO3/c1-22-7-6-17(5-4-11(23)9-14(17)22)10-2-3-12(24-15(18)19)13(8-10)25-16(20)21/h2-5,8,11,14-16,23H,6-7,9H2,1H3/t11-,14-,17-/m0/s1. The maximum Gasteiger partial charge on any atom is 0.387 e. The van der Waals surface area contributed by atoms with Gasteiger partial charge >= 0.3 is 13.2 Å². The van der Waals surface area contributed by atoms with Crippen LogP contribution in [0.4, 0.5) is 17.6 Å². The molecule has 1 fully saturated rings. The van der Waals surface area contributed by atoms with Gasteiger partial charge in [0, 0.05) is 11.5 Å². The van der Waals surface area contributed by atoms with E-state index in [1.807, 2.05) is 13.1 Å². The lowest BCUT2D eigenvalue weighted by Gasteiger charge is -2.39. The topological polar surface area (TPSA) is 41.9 Å². The van der Waals surface area contributed by atoms with Gasteiger partial charge in [-0.1, -0.05) is 18.2 Å². The number of rotatable bonds is 5. The average molecular weight is 361 g/mol. The van der Waals surface area contributed by atoms with Gasteiger partial charge in [-0.2, -0.15) is 17.6 Å². The van der Waals surface area contributed by atoms with E-state index in [9.17, 15) is 22.7 Å². The quantitative estimate of drug-likeness (QED) is 0.646. The molecule has 0 aromatic heterocycles. The number of hydrogen-bond acceptors (Lipinski definition) is 4. The molecule has 1 saturated heterocycles. The molecule has 1 aromatic carbocycles. The minimum Gasteiger partial charge on any atom is -0.431 e. The first-order chi connectivity index (χ1) is 11.8. The summed E-state index contributed by atoms with van der Waals surface area (Å²) in [5.74, 6) is -0.854. The number of hydrogen-bond donors (Lipinski definition) is 1. The van der Waals surface area contributed by atoms with Crippen LogP contribution >= 0.6 is 0 Å². The van der Waals surface area contributed by atoms with Gasteiger partial charge in [0.15, 0.2) is 11.5 Å². The van der Waals surface area contributed by atoms with Crippen LogP contribution in [0.25, 0.3) is 0 Å². The fourth-order valence-electron chi connectivity index (χ4n) is 3.86. The summed E-state index contributed by atoms with van der Waals surface area (Å²) >= 11 is 0. The average Bonchev–Trinajstić information content (AvgIpc) is 2.86. The summed E-state index contributed by atoms with van der Waals surface area (Å²) in [6.07, 6.45) is 4.22. The van der Waals surface area contributed by atoms with Crippen molar-refractivity contribution in [3.05, 3.63) is 35.9 Å². The summed E-state index contributed by atoms with van der Waals surface area (Å²) in [4.78, 5) is 2.10. The molecule has 4 nitrogen and oxygen atoms in total. The van der Waals surface area contributed by atoms with E-state index in [2.05, 4.69) is 14.4 Å². The number of likely N-dealkylation sites (N-methyl/N-ethyl adjacent to an activating group) is 1. The lowest BCUT2D eigenvalue weighted by Crippen LogP contribution is -2.44. The maximum atomic E-state index is 12.7. The highest BCUT2D eigenvalue weighted by atomic mass is 19.3. The van der Waals surface area contributed by atoms with E-state index in [4.69, 9.17) is 0 Å². The monoisotopic (exact) mass is 361 g/mol. The number of ether oxygens (including phenoxy) is 2. The predicted molar refractivity (Wildman–Crippen MR) is 82.2 cm³/mol. The number of alkyl halides is 4. The molecule has 0 saturated carbocycles. The summed E-state index contributed by atoms with van der Waals surface area (Å²) in [6.45, 7) is -5.53. The highest BCUT2D eigenvalue weighted by Gasteiger charge is 2.48. The number of aliphatic hydroxyl groups excluding tert-OH is 1. The predicted octanol–water partition coefficient (Wildman–Crippen LogP) is 3.15. The van der Waals surface area contributed by atoms with E-state index >= 15 is 0 Å². The Hall–Kier alpha value is -1.80. The molecule has 3 rings (SSSR count). The first-order valence-electron chi connectivity index (χ1n) is 7.93. The third kappa shape index (κ3) is 3.46. The molecule has 2 aliphatic rings. The Morgan fingerprint density at radius 2 is 1.84 bits per heavy atom. The van der Waals surface area contributed by atoms with Gasteiger partial charge in [-0.25, -0.2) is 0 Å². The Morgan fingerprint density at radius 3 is 2.52 bits per heavy atom. The Bertz CT molecular complexity index is 655. The van der Waals surface area contributed by atoms with E-state index in [1.54, 1.807) is 12.1 Å². The zero-order valence-electron chi connectivity index (χ0n) is 13.5. The molecule has 0 amide bonds. The molecule has 0 radical (unpaired) electrons. The number of likely N-dealkylation sites (tertiary alicyclic amines) is 1. The molecule has 3 atom stereocenters. The largest absolute Gasteiger partial charge is 0.431 e. The van der Waals surface area contributed by atoms with Crippen LogP contribution in [0.15, 0.2) is 30.4 Å². The van der Waals surface area contributed by atoms with E-state index in [0.717, 1.165) is 13.0 Å². The normalized spacial score (nSPS) is 29.3. The second-order valence-electron chi connectivity index (χ2n) is 6.37. The lowest BCUT2D eigenvalue weighted by molar-refractivity contribution is -0.0693. The highest BCUT2D eigenvalue weighted by molar-refractivity contribution is 5.49. The van der Waals surface area contributed by atoms with Crippen molar-refractivity contribution >= 4 is 0 Å². The minimum absolute atomic E-state index is 0.0197. The molecular formula is C17H19F4NO3. The van der Waals surface area contributed by atoms with Crippen molar-refractivity contribution < 1.29 is 32.1 Å². The number of aliphatic hydroxyl groups is 1. The van der Waals surface area contributed by atoms with Crippen molar-refractivity contribution in [2.45, 2.75) is 43.6 Å². The second-order valence-corrected chi connectivity index (χ2v) is 6.37. The van der Waals surface area contributed by atoms with Gasteiger partial charge in [0.05, 0.1) is 6.10 Å². The van der Waals surface area contributed by atoms with E-state index < -0.39 is 36.2 Å². The SMILES string of the molecule is CN1CC[C@]2(c3ccc(OC(F)F)c(OC(F)F)c3)C=C[C@H](O)C[C@H]12. The third-order valence-corrected chi connectivity index (χ3v) is 5.00. The Balaban J connectivity index is 2.02. The summed E-state index contributed by atoms with van der Waals surface area (Å²) in [5.41, 5.74) is 0.180. The van der Waals surface area contributed by atoms with Gasteiger partial charge in [-0.05, 0) is 44.1 Å². The summed E-state index contributed by atoms with van der Waals surface area (Å²) in [7, 11) is 1.93. The lowest BCUT2D eigenvalue weighted by atomic mass is 9.69. The molecule has 8 heteroatoms. The van der Waals surface area contributed by atoms with Crippen LogP contribution in [0.5, 0.6) is 11.5 Å². The van der Waals surface area contributed by atoms with Crippen LogP contribution in [0, 0.1) is 0 Å². The molecule has 0 bridgehead atoms. The van der Waals surface area contributed by atoms with Gasteiger partial charge in [0.1, 0.15) is 0 Å². The molecule has 1 aromatic rings. The summed E-state index contributed by atoms with van der Waals surface area (Å²) in [6, 6.07) is 4.12. The van der Waals surface area contributed by atoms with Crippen molar-refractivity contribution in [1.82, 2.24) is 4.90 Å². The molecule has 0 spiro atoms. The van der Waals surface area contributed by atoms with Crippen molar-refractivity contribution in [2.24, 2.45) is 0 Å². The van der Waals surface area contributed by atoms with Crippen LogP contribution in [0.2, 0.25) is 0 Å². The zero-order valence-corrected chi connectivity index (χ0v) is 13.5. The first-order valence-corrected chi connectivity index (χ1v) is 7.93. The number of fused-ring (bicyclic) bond motifs is 1. The summed E-state index contributed by atoms with van der Waals surface area (Å²) < 4.78 is 59.0. The molecule has 1 heterocycles. The van der Waals surface area contributed by atoms with Crippen molar-refractivity contribution in [3.8, 4) is 11.5 Å². The fraction of sp³-hybridized carbons (Fsp3) is 0.529. The van der Waals surface area contributed by atoms with Gasteiger partial charge in [0.25, 0.3) is 0 Å². The number of nitrogens with zero attached hydrogens (tertiary/aromatic N) is 1. The van der Waals surface area contributed by atoms with Gasteiger partial charge in [-0.3, -0.25) is 0 Å².